The van der Waals surface area contributed by atoms with Gasteiger partial charge in [-0.05, 0) is 42.5 Å². The molecule has 126 valence electrons. The topological polar surface area (TPSA) is 85.6 Å². The lowest BCUT2D eigenvalue weighted by atomic mass is 10.3. The van der Waals surface area contributed by atoms with Crippen LogP contribution in [0.5, 0.6) is 0 Å². The molecular formula is C19H14N6O. The highest BCUT2D eigenvalue weighted by Gasteiger charge is 2.14. The van der Waals surface area contributed by atoms with Crippen LogP contribution in [-0.2, 0) is 0 Å². The Kier molecular flexibility index (Phi) is 4.17. The van der Waals surface area contributed by atoms with E-state index in [-0.39, 0.29) is 5.91 Å². The molecular weight excluding hydrogens is 328 g/mol. The minimum absolute atomic E-state index is 0.286. The third kappa shape index (κ3) is 3.18. The monoisotopic (exact) mass is 342 g/mol. The summed E-state index contributed by atoms with van der Waals surface area (Å²) >= 11 is 0. The molecule has 4 rings (SSSR count). The van der Waals surface area contributed by atoms with Crippen molar-refractivity contribution in [2.75, 3.05) is 5.32 Å². The molecule has 7 nitrogen and oxygen atoms in total. The molecule has 4 aromatic rings. The van der Waals surface area contributed by atoms with Crippen molar-refractivity contribution < 1.29 is 4.79 Å². The second-order valence-electron chi connectivity index (χ2n) is 5.39. The molecule has 0 fully saturated rings. The number of carbonyl (C=O) groups is 1. The van der Waals surface area contributed by atoms with E-state index in [4.69, 9.17) is 0 Å². The molecule has 7 heteroatoms. The second-order valence-corrected chi connectivity index (χ2v) is 5.39. The van der Waals surface area contributed by atoms with Crippen molar-refractivity contribution in [1.29, 1.82) is 0 Å². The minimum Gasteiger partial charge on any atom is -0.305 e. The Morgan fingerprint density at radius 3 is 2.46 bits per heavy atom. The summed E-state index contributed by atoms with van der Waals surface area (Å²) in [6.07, 6.45) is 6.73. The molecule has 0 bridgehead atoms. The van der Waals surface area contributed by atoms with Gasteiger partial charge < -0.3 is 5.32 Å². The van der Waals surface area contributed by atoms with Crippen LogP contribution in [0.1, 0.15) is 10.5 Å². The molecule has 0 aliphatic heterocycles. The molecule has 0 spiro atoms. The molecule has 0 aliphatic carbocycles. The Bertz CT molecular complexity index is 1030. The number of hydrogen-bond acceptors (Lipinski definition) is 5. The van der Waals surface area contributed by atoms with E-state index in [1.54, 1.807) is 47.6 Å². The highest BCUT2D eigenvalue weighted by molar-refractivity contribution is 6.03. The molecule has 1 amide bonds. The average Bonchev–Trinajstić information content (AvgIpc) is 3.20. The molecule has 0 radical (unpaired) electrons. The molecule has 0 aliphatic rings. The van der Waals surface area contributed by atoms with Gasteiger partial charge in [0.1, 0.15) is 23.0 Å². The first-order valence-corrected chi connectivity index (χ1v) is 7.96. The fraction of sp³-hybridized carbons (Fsp3) is 0. The summed E-state index contributed by atoms with van der Waals surface area (Å²) in [4.78, 5) is 29.7. The molecule has 0 aromatic carbocycles. The largest absolute Gasteiger partial charge is 0.305 e. The highest BCUT2D eigenvalue weighted by atomic mass is 16.2. The van der Waals surface area contributed by atoms with E-state index in [1.807, 2.05) is 36.4 Å². The van der Waals surface area contributed by atoms with Crippen LogP contribution in [0.15, 0.2) is 79.4 Å². The van der Waals surface area contributed by atoms with E-state index in [2.05, 4.69) is 25.3 Å². The van der Waals surface area contributed by atoms with E-state index < -0.39 is 0 Å². The molecule has 0 saturated carbocycles. The normalized spacial score (nSPS) is 10.5. The van der Waals surface area contributed by atoms with Crippen LogP contribution in [0.25, 0.3) is 17.3 Å². The van der Waals surface area contributed by atoms with Gasteiger partial charge in [0, 0.05) is 24.8 Å². The van der Waals surface area contributed by atoms with Crippen LogP contribution in [0.3, 0.4) is 0 Å². The van der Waals surface area contributed by atoms with Crippen molar-refractivity contribution in [2.45, 2.75) is 0 Å². The highest BCUT2D eigenvalue weighted by Crippen LogP contribution is 2.15. The first-order valence-electron chi connectivity index (χ1n) is 7.96. The number of rotatable bonds is 4. The predicted molar refractivity (Wildman–Crippen MR) is 96.8 cm³/mol. The summed E-state index contributed by atoms with van der Waals surface area (Å²) < 4.78 is 1.72. The van der Waals surface area contributed by atoms with Gasteiger partial charge >= 0.3 is 0 Å². The van der Waals surface area contributed by atoms with Gasteiger partial charge in [-0.15, -0.1) is 0 Å². The van der Waals surface area contributed by atoms with Gasteiger partial charge in [0.05, 0.1) is 0 Å². The predicted octanol–water partition coefficient (Wildman–Crippen LogP) is 2.98. The molecule has 0 atom stereocenters. The lowest BCUT2D eigenvalue weighted by molar-refractivity contribution is 0.102. The first-order chi connectivity index (χ1) is 12.8. The zero-order valence-corrected chi connectivity index (χ0v) is 13.6. The number of aromatic nitrogens is 5. The first kappa shape index (κ1) is 15.6. The van der Waals surface area contributed by atoms with E-state index >= 15 is 0 Å². The molecule has 26 heavy (non-hydrogen) atoms. The summed E-state index contributed by atoms with van der Waals surface area (Å²) in [5, 5.41) is 2.80. The Morgan fingerprint density at radius 1 is 0.846 bits per heavy atom. The number of nitrogens with one attached hydrogen (secondary N) is 1. The van der Waals surface area contributed by atoms with E-state index in [1.165, 1.54) is 0 Å². The van der Waals surface area contributed by atoms with Gasteiger partial charge in [0.25, 0.3) is 5.91 Å². The minimum atomic E-state index is -0.286. The van der Waals surface area contributed by atoms with Crippen molar-refractivity contribution in [3.8, 4) is 17.3 Å². The smallest absolute Gasteiger partial charge is 0.273 e. The summed E-state index contributed by atoms with van der Waals surface area (Å²) in [6.45, 7) is 0. The molecule has 1 N–H and O–H groups in total. The van der Waals surface area contributed by atoms with Crippen molar-refractivity contribution in [3.63, 3.8) is 0 Å². The average molecular weight is 342 g/mol. The van der Waals surface area contributed by atoms with Crippen LogP contribution in [-0.4, -0.2) is 30.4 Å². The Morgan fingerprint density at radius 2 is 1.69 bits per heavy atom. The van der Waals surface area contributed by atoms with Crippen LogP contribution in [0.4, 0.5) is 5.82 Å². The number of carbonyl (C=O) groups excluding carboxylic acids is 1. The Hall–Kier alpha value is -3.87. The molecule has 0 unspecified atom stereocenters. The lowest BCUT2D eigenvalue weighted by Gasteiger charge is -2.09. The van der Waals surface area contributed by atoms with Crippen molar-refractivity contribution in [1.82, 2.24) is 24.5 Å². The zero-order valence-electron chi connectivity index (χ0n) is 13.6. The summed E-state index contributed by atoms with van der Waals surface area (Å²) in [7, 11) is 0. The van der Waals surface area contributed by atoms with Crippen LogP contribution in [0.2, 0.25) is 0 Å². The maximum atomic E-state index is 12.7. The van der Waals surface area contributed by atoms with Gasteiger partial charge in [-0.2, -0.15) is 0 Å². The third-order valence-corrected chi connectivity index (χ3v) is 3.67. The van der Waals surface area contributed by atoms with E-state index in [9.17, 15) is 4.79 Å². The fourth-order valence-electron chi connectivity index (χ4n) is 2.49. The number of amides is 1. The molecule has 0 saturated heterocycles. The fourth-order valence-corrected chi connectivity index (χ4v) is 2.49. The van der Waals surface area contributed by atoms with Gasteiger partial charge in [-0.25, -0.2) is 15.0 Å². The number of anilines is 1. The SMILES string of the molecule is O=C(Nc1ccnc(-c2ccccn2)n1)c1cccn1-c1ccccn1. The number of pyridine rings is 2. The van der Waals surface area contributed by atoms with E-state index in [0.29, 0.717) is 28.8 Å². The third-order valence-electron chi connectivity index (χ3n) is 3.67. The van der Waals surface area contributed by atoms with Crippen LogP contribution >= 0.6 is 0 Å². The maximum absolute atomic E-state index is 12.7. The number of nitrogens with zero attached hydrogens (tertiary/aromatic N) is 5. The standard InChI is InChI=1S/C19H14N6O/c26-19(15-7-5-13-25(15)17-8-2-4-11-21-17)24-16-9-12-22-18(23-16)14-6-1-3-10-20-14/h1-13H,(H,22,23,24,26). The van der Waals surface area contributed by atoms with Gasteiger partial charge in [-0.1, -0.05) is 12.1 Å². The second kappa shape index (κ2) is 6.94. The Labute approximate surface area is 149 Å². The van der Waals surface area contributed by atoms with Crippen molar-refractivity contribution in [2.24, 2.45) is 0 Å². The lowest BCUT2D eigenvalue weighted by Crippen LogP contribution is -2.17. The Balaban J connectivity index is 1.60. The quantitative estimate of drug-likeness (QED) is 0.616. The van der Waals surface area contributed by atoms with Gasteiger partial charge in [0.15, 0.2) is 5.82 Å². The summed E-state index contributed by atoms with van der Waals surface area (Å²) in [6, 6.07) is 16.2. The van der Waals surface area contributed by atoms with Gasteiger partial charge in [0.2, 0.25) is 0 Å². The molecule has 4 heterocycles. The zero-order chi connectivity index (χ0) is 17.8. The summed E-state index contributed by atoms with van der Waals surface area (Å²) in [5.74, 6) is 1.23. The van der Waals surface area contributed by atoms with E-state index in [0.717, 1.165) is 0 Å². The van der Waals surface area contributed by atoms with Crippen molar-refractivity contribution in [3.05, 3.63) is 85.1 Å². The molecule has 4 aromatic heterocycles. The van der Waals surface area contributed by atoms with Crippen molar-refractivity contribution >= 4 is 11.7 Å². The maximum Gasteiger partial charge on any atom is 0.273 e. The summed E-state index contributed by atoms with van der Waals surface area (Å²) in [5.41, 5.74) is 1.10. The van der Waals surface area contributed by atoms with Crippen LogP contribution < -0.4 is 5.32 Å². The number of hydrogen-bond donors (Lipinski definition) is 1. The van der Waals surface area contributed by atoms with Gasteiger partial charge in [-0.3, -0.25) is 14.3 Å². The van der Waals surface area contributed by atoms with Crippen LogP contribution in [0, 0.1) is 0 Å².